The maximum atomic E-state index is 13.1. The van der Waals surface area contributed by atoms with E-state index in [0.29, 0.717) is 19.8 Å². The summed E-state index contributed by atoms with van der Waals surface area (Å²) >= 11 is 0. The number of halogens is 2. The fraction of sp³-hybridized carbons (Fsp3) is 0.385. The lowest BCUT2D eigenvalue weighted by Crippen LogP contribution is -2.24. The van der Waals surface area contributed by atoms with Gasteiger partial charge in [0.15, 0.2) is 11.4 Å². The van der Waals surface area contributed by atoms with Crippen molar-refractivity contribution >= 4 is 11.3 Å². The molecule has 1 aliphatic carbocycles. The van der Waals surface area contributed by atoms with Gasteiger partial charge >= 0.3 is 17.4 Å². The number of aromatic nitrogens is 2. The summed E-state index contributed by atoms with van der Waals surface area (Å²) in [6.45, 7) is 0.557. The molecule has 0 atom stereocenters. The summed E-state index contributed by atoms with van der Waals surface area (Å²) in [5, 5.41) is 11.1. The van der Waals surface area contributed by atoms with Crippen molar-refractivity contribution in [1.29, 1.82) is 0 Å². The van der Waals surface area contributed by atoms with E-state index in [-0.39, 0.29) is 23.0 Å². The van der Waals surface area contributed by atoms with Gasteiger partial charge in [-0.25, -0.2) is 4.98 Å². The lowest BCUT2D eigenvalue weighted by Gasteiger charge is -2.14. The second-order valence-electron chi connectivity index (χ2n) is 5.16. The van der Waals surface area contributed by atoms with Crippen molar-refractivity contribution < 1.29 is 18.4 Å². The predicted molar refractivity (Wildman–Crippen MR) is 71.3 cm³/mol. The van der Waals surface area contributed by atoms with Crippen molar-refractivity contribution in [1.82, 2.24) is 9.38 Å². The van der Waals surface area contributed by atoms with Gasteiger partial charge in [0.2, 0.25) is 0 Å². The van der Waals surface area contributed by atoms with Crippen molar-refractivity contribution in [2.24, 2.45) is 0 Å². The number of hydrogen-bond donors (Lipinski definition) is 0. The van der Waals surface area contributed by atoms with Crippen LogP contribution in [-0.2, 0) is 0 Å². The monoisotopic (exact) mass is 311 g/mol. The molecule has 0 amide bonds. The van der Waals surface area contributed by atoms with E-state index in [9.17, 15) is 23.7 Å². The molecule has 0 aliphatic heterocycles. The molecule has 1 saturated carbocycles. The van der Waals surface area contributed by atoms with Gasteiger partial charge in [0.25, 0.3) is 0 Å². The molecule has 9 heteroatoms. The van der Waals surface area contributed by atoms with E-state index in [1.807, 2.05) is 0 Å². The number of fused-ring (bicyclic) bond motifs is 1. The average molecular weight is 311 g/mol. The lowest BCUT2D eigenvalue weighted by atomic mass is 10.2. The number of alkyl halides is 2. The third-order valence-corrected chi connectivity index (χ3v) is 3.26. The third kappa shape index (κ3) is 2.49. The minimum absolute atomic E-state index is 0.0328. The molecule has 1 aliphatic rings. The first-order chi connectivity index (χ1) is 10.3. The molecule has 2 aromatic heterocycles. The minimum Gasteiger partial charge on any atom is -0.429 e. The highest BCUT2D eigenvalue weighted by Gasteiger charge is 2.36. The van der Waals surface area contributed by atoms with Crippen molar-refractivity contribution in [3.63, 3.8) is 0 Å². The van der Waals surface area contributed by atoms with Crippen molar-refractivity contribution in [2.75, 3.05) is 0 Å². The van der Waals surface area contributed by atoms with E-state index in [0.717, 1.165) is 4.40 Å². The number of nitro groups is 1. The van der Waals surface area contributed by atoms with Crippen LogP contribution < -0.4 is 10.3 Å². The van der Waals surface area contributed by atoms with Crippen LogP contribution in [0.4, 0.5) is 14.5 Å². The number of nitrogens with zero attached hydrogens (tertiary/aromatic N) is 3. The van der Waals surface area contributed by atoms with Crippen LogP contribution in [0.1, 0.15) is 31.4 Å². The largest absolute Gasteiger partial charge is 0.429 e. The van der Waals surface area contributed by atoms with Gasteiger partial charge in [-0.15, -0.1) is 0 Å². The van der Waals surface area contributed by atoms with Gasteiger partial charge in [-0.1, -0.05) is 0 Å². The topological polar surface area (TPSA) is 86.7 Å². The molecule has 22 heavy (non-hydrogen) atoms. The molecule has 0 aromatic carbocycles. The SMILES string of the molecule is CC(F)(F)Oc1cccn2c(=O)c([N+](=O)[O-])c(C3CC3)nc12. The summed E-state index contributed by atoms with van der Waals surface area (Å²) in [6.07, 6.45) is -0.872. The number of ether oxygens (including phenoxy) is 1. The Morgan fingerprint density at radius 3 is 2.73 bits per heavy atom. The van der Waals surface area contributed by atoms with E-state index in [4.69, 9.17) is 0 Å². The average Bonchev–Trinajstić information content (AvgIpc) is 3.21. The quantitative estimate of drug-likeness (QED) is 0.639. The maximum Gasteiger partial charge on any atom is 0.395 e. The standard InChI is InChI=1S/C13H11F2N3O4/c1-13(14,15)22-8-3-2-6-17-11(8)16-9(7-4-5-7)10(12(17)19)18(20)21/h2-3,6-7H,4-5H2,1H3. The molecular weight excluding hydrogens is 300 g/mol. The van der Waals surface area contributed by atoms with E-state index in [1.165, 1.54) is 18.3 Å². The van der Waals surface area contributed by atoms with Gasteiger partial charge in [-0.05, 0) is 25.0 Å². The first-order valence-electron chi connectivity index (χ1n) is 6.54. The fourth-order valence-corrected chi connectivity index (χ4v) is 2.23. The highest BCUT2D eigenvalue weighted by Crippen LogP contribution is 2.42. The van der Waals surface area contributed by atoms with Gasteiger partial charge in [-0.2, -0.15) is 8.78 Å². The number of pyridine rings is 1. The van der Waals surface area contributed by atoms with Gasteiger partial charge in [-0.3, -0.25) is 19.3 Å². The number of hydrogen-bond acceptors (Lipinski definition) is 5. The molecular formula is C13H11F2N3O4. The van der Waals surface area contributed by atoms with E-state index >= 15 is 0 Å². The summed E-state index contributed by atoms with van der Waals surface area (Å²) in [7, 11) is 0. The summed E-state index contributed by atoms with van der Waals surface area (Å²) in [4.78, 5) is 26.7. The smallest absolute Gasteiger partial charge is 0.395 e. The molecule has 0 N–H and O–H groups in total. The minimum atomic E-state index is -3.46. The molecule has 116 valence electrons. The van der Waals surface area contributed by atoms with E-state index in [1.54, 1.807) is 0 Å². The Hall–Kier alpha value is -2.58. The van der Waals surface area contributed by atoms with Crippen LogP contribution in [0.15, 0.2) is 23.1 Å². The Morgan fingerprint density at radius 2 is 2.18 bits per heavy atom. The zero-order valence-corrected chi connectivity index (χ0v) is 11.5. The van der Waals surface area contributed by atoms with Crippen LogP contribution in [0.2, 0.25) is 0 Å². The maximum absolute atomic E-state index is 13.1. The van der Waals surface area contributed by atoms with Crippen LogP contribution in [0.25, 0.3) is 5.65 Å². The van der Waals surface area contributed by atoms with Crippen LogP contribution >= 0.6 is 0 Å². The summed E-state index contributed by atoms with van der Waals surface area (Å²) in [5.41, 5.74) is -1.63. The first kappa shape index (κ1) is 14.4. The van der Waals surface area contributed by atoms with Gasteiger partial charge < -0.3 is 4.74 Å². The Labute approximate surface area is 122 Å². The van der Waals surface area contributed by atoms with E-state index < -0.39 is 22.3 Å². The first-order valence-corrected chi connectivity index (χ1v) is 6.54. The molecule has 3 rings (SSSR count). The lowest BCUT2D eigenvalue weighted by molar-refractivity contribution is -0.387. The van der Waals surface area contributed by atoms with Crippen LogP contribution in [0.3, 0.4) is 0 Å². The summed E-state index contributed by atoms with van der Waals surface area (Å²) < 4.78 is 31.5. The van der Waals surface area contributed by atoms with Gasteiger partial charge in [0.1, 0.15) is 5.69 Å². The highest BCUT2D eigenvalue weighted by atomic mass is 19.3. The molecule has 0 bridgehead atoms. The zero-order valence-electron chi connectivity index (χ0n) is 11.5. The molecule has 0 radical (unpaired) electrons. The van der Waals surface area contributed by atoms with E-state index in [2.05, 4.69) is 9.72 Å². The molecule has 7 nitrogen and oxygen atoms in total. The van der Waals surface area contributed by atoms with Crippen LogP contribution in [0.5, 0.6) is 5.75 Å². The van der Waals surface area contributed by atoms with Crippen molar-refractivity contribution in [3.05, 3.63) is 44.5 Å². The van der Waals surface area contributed by atoms with Gasteiger partial charge in [0, 0.05) is 19.0 Å². The molecule has 0 spiro atoms. The molecule has 1 fully saturated rings. The third-order valence-electron chi connectivity index (χ3n) is 3.26. The van der Waals surface area contributed by atoms with Crippen molar-refractivity contribution in [3.8, 4) is 5.75 Å². The number of rotatable bonds is 4. The zero-order chi connectivity index (χ0) is 16.1. The molecule has 0 saturated heterocycles. The van der Waals surface area contributed by atoms with Crippen LogP contribution in [0, 0.1) is 10.1 Å². The molecule has 2 heterocycles. The van der Waals surface area contributed by atoms with Gasteiger partial charge in [0.05, 0.1) is 4.92 Å². The summed E-state index contributed by atoms with van der Waals surface area (Å²) in [6, 6.07) is 2.53. The van der Waals surface area contributed by atoms with Crippen LogP contribution in [-0.4, -0.2) is 20.4 Å². The Morgan fingerprint density at radius 1 is 1.50 bits per heavy atom. The second-order valence-corrected chi connectivity index (χ2v) is 5.16. The normalized spacial score (nSPS) is 15.0. The predicted octanol–water partition coefficient (Wildman–Crippen LogP) is 2.47. The summed E-state index contributed by atoms with van der Waals surface area (Å²) in [5.74, 6) is -0.489. The molecule has 2 aromatic rings. The Balaban J connectivity index is 2.30. The Kier molecular flexibility index (Phi) is 3.08. The Bertz CT molecular complexity index is 824. The highest BCUT2D eigenvalue weighted by molar-refractivity contribution is 5.57. The molecule has 0 unspecified atom stereocenters. The second kappa shape index (κ2) is 4.72. The van der Waals surface area contributed by atoms with Crippen molar-refractivity contribution in [2.45, 2.75) is 31.8 Å². The fourth-order valence-electron chi connectivity index (χ4n) is 2.23.